The number of carbonyl (C=O) groups excluding carboxylic acids is 1. The second-order valence-electron chi connectivity index (χ2n) is 7.12. The van der Waals surface area contributed by atoms with Crippen LogP contribution >= 0.6 is 0 Å². The van der Waals surface area contributed by atoms with E-state index < -0.39 is 6.10 Å². The molecule has 0 aliphatic carbocycles. The van der Waals surface area contributed by atoms with Crippen LogP contribution in [0.25, 0.3) is 0 Å². The Kier molecular flexibility index (Phi) is 7.71. The van der Waals surface area contributed by atoms with Gasteiger partial charge in [-0.15, -0.1) is 0 Å². The quantitative estimate of drug-likeness (QED) is 0.647. The van der Waals surface area contributed by atoms with E-state index in [2.05, 4.69) is 31.3 Å². The van der Waals surface area contributed by atoms with Crippen LogP contribution in [0.15, 0.2) is 42.5 Å². The first-order chi connectivity index (χ1) is 12.9. The van der Waals surface area contributed by atoms with Crippen molar-refractivity contribution in [2.75, 3.05) is 13.2 Å². The van der Waals surface area contributed by atoms with Gasteiger partial charge in [-0.1, -0.05) is 56.7 Å². The topological polar surface area (TPSA) is 47.6 Å². The minimum absolute atomic E-state index is 0.113. The first-order valence-electron chi connectivity index (χ1n) is 9.65. The summed E-state index contributed by atoms with van der Waals surface area (Å²) in [6.07, 6.45) is 0.102. The molecule has 1 amide bonds. The molecular weight excluding hydrogens is 338 g/mol. The van der Waals surface area contributed by atoms with Crippen LogP contribution in [0.1, 0.15) is 49.8 Å². The van der Waals surface area contributed by atoms with Crippen molar-refractivity contribution in [3.05, 3.63) is 59.2 Å². The molecule has 0 bridgehead atoms. The Morgan fingerprint density at radius 1 is 1.07 bits per heavy atom. The van der Waals surface area contributed by atoms with Crippen molar-refractivity contribution in [1.29, 1.82) is 0 Å². The number of carbonyl (C=O) groups is 1. The van der Waals surface area contributed by atoms with E-state index in [1.54, 1.807) is 0 Å². The van der Waals surface area contributed by atoms with Crippen LogP contribution in [-0.4, -0.2) is 25.2 Å². The number of hydrogen-bond donors (Lipinski definition) is 1. The summed E-state index contributed by atoms with van der Waals surface area (Å²) in [6.45, 7) is 11.1. The third-order valence-corrected chi connectivity index (χ3v) is 4.46. The number of aryl methyl sites for hydroxylation is 2. The monoisotopic (exact) mass is 369 g/mol. The van der Waals surface area contributed by atoms with E-state index in [0.717, 1.165) is 17.1 Å². The van der Waals surface area contributed by atoms with Crippen molar-refractivity contribution in [2.45, 2.75) is 53.1 Å². The zero-order valence-electron chi connectivity index (χ0n) is 17.0. The van der Waals surface area contributed by atoms with Crippen LogP contribution < -0.4 is 14.8 Å². The molecule has 2 aromatic rings. The lowest BCUT2D eigenvalue weighted by molar-refractivity contribution is -0.128. The average Bonchev–Trinajstić information content (AvgIpc) is 2.64. The standard InChI is InChI=1S/C23H31NO3/c1-6-20(27-21-12-11-17(4)15-18(21)5)23(25)24-13-14-26-22-10-8-7-9-19(22)16(2)3/h7-12,15-16,20H,6,13-14H2,1-5H3,(H,24,25)/t20-/m0/s1. The molecule has 0 saturated heterocycles. The van der Waals surface area contributed by atoms with Gasteiger partial charge in [-0.3, -0.25) is 4.79 Å². The first kappa shape index (κ1) is 20.8. The van der Waals surface area contributed by atoms with Crippen LogP contribution in [0.3, 0.4) is 0 Å². The van der Waals surface area contributed by atoms with Crippen LogP contribution in [0.2, 0.25) is 0 Å². The smallest absolute Gasteiger partial charge is 0.261 e. The summed E-state index contributed by atoms with van der Waals surface area (Å²) >= 11 is 0. The third-order valence-electron chi connectivity index (χ3n) is 4.46. The van der Waals surface area contributed by atoms with Gasteiger partial charge >= 0.3 is 0 Å². The molecule has 0 heterocycles. The van der Waals surface area contributed by atoms with Gasteiger partial charge in [0.25, 0.3) is 5.91 Å². The molecule has 0 saturated carbocycles. The van der Waals surface area contributed by atoms with Gasteiger partial charge in [0.05, 0.1) is 6.54 Å². The number of amides is 1. The predicted octanol–water partition coefficient (Wildman–Crippen LogP) is 4.78. The summed E-state index contributed by atoms with van der Waals surface area (Å²) in [4.78, 5) is 12.5. The van der Waals surface area contributed by atoms with Crippen LogP contribution in [0.4, 0.5) is 0 Å². The van der Waals surface area contributed by atoms with Crippen molar-refractivity contribution in [3.63, 3.8) is 0 Å². The maximum absolute atomic E-state index is 12.5. The van der Waals surface area contributed by atoms with Crippen molar-refractivity contribution >= 4 is 5.91 Å². The average molecular weight is 370 g/mol. The molecule has 27 heavy (non-hydrogen) atoms. The number of hydrogen-bond acceptors (Lipinski definition) is 3. The molecular formula is C23H31NO3. The summed E-state index contributed by atoms with van der Waals surface area (Å²) in [5, 5.41) is 2.91. The molecule has 0 aliphatic heterocycles. The van der Waals surface area contributed by atoms with Crippen molar-refractivity contribution in [3.8, 4) is 11.5 Å². The molecule has 1 atom stereocenters. The molecule has 0 unspecified atom stereocenters. The van der Waals surface area contributed by atoms with E-state index in [4.69, 9.17) is 9.47 Å². The van der Waals surface area contributed by atoms with E-state index in [0.29, 0.717) is 25.5 Å². The highest BCUT2D eigenvalue weighted by Crippen LogP contribution is 2.25. The number of para-hydroxylation sites is 1. The highest BCUT2D eigenvalue weighted by Gasteiger charge is 2.19. The summed E-state index contributed by atoms with van der Waals surface area (Å²) in [5.41, 5.74) is 3.39. The van der Waals surface area contributed by atoms with E-state index >= 15 is 0 Å². The zero-order valence-corrected chi connectivity index (χ0v) is 17.0. The summed E-state index contributed by atoms with van der Waals surface area (Å²) in [7, 11) is 0. The Labute approximate surface area is 162 Å². The second-order valence-corrected chi connectivity index (χ2v) is 7.12. The van der Waals surface area contributed by atoms with E-state index in [-0.39, 0.29) is 5.91 Å². The van der Waals surface area contributed by atoms with Gasteiger partial charge in [0.1, 0.15) is 18.1 Å². The Bertz CT molecular complexity index is 755. The second kappa shape index (κ2) is 10.0. The zero-order chi connectivity index (χ0) is 19.8. The molecule has 0 aromatic heterocycles. The van der Waals surface area contributed by atoms with Gasteiger partial charge in [0.15, 0.2) is 6.10 Å². The number of rotatable bonds is 9. The summed E-state index contributed by atoms with van der Waals surface area (Å²) in [6, 6.07) is 14.0. The molecule has 2 rings (SSSR count). The fourth-order valence-corrected chi connectivity index (χ4v) is 2.95. The van der Waals surface area contributed by atoms with E-state index in [1.165, 1.54) is 11.1 Å². The van der Waals surface area contributed by atoms with Gasteiger partial charge in [-0.25, -0.2) is 0 Å². The third kappa shape index (κ3) is 6.02. The SMILES string of the molecule is CC[C@H](Oc1ccc(C)cc1C)C(=O)NCCOc1ccccc1C(C)C. The van der Waals surface area contributed by atoms with Crippen molar-refractivity contribution < 1.29 is 14.3 Å². The molecule has 0 aliphatic rings. The van der Waals surface area contributed by atoms with Crippen molar-refractivity contribution in [2.24, 2.45) is 0 Å². The van der Waals surface area contributed by atoms with Crippen LogP contribution in [-0.2, 0) is 4.79 Å². The Balaban J connectivity index is 1.85. The maximum Gasteiger partial charge on any atom is 0.261 e. The molecule has 1 N–H and O–H groups in total. The fourth-order valence-electron chi connectivity index (χ4n) is 2.95. The highest BCUT2D eigenvalue weighted by atomic mass is 16.5. The molecule has 0 fully saturated rings. The van der Waals surface area contributed by atoms with Gasteiger partial charge in [-0.2, -0.15) is 0 Å². The Hall–Kier alpha value is -2.49. The molecule has 0 radical (unpaired) electrons. The summed E-state index contributed by atoms with van der Waals surface area (Å²) in [5.74, 6) is 1.91. The van der Waals surface area contributed by atoms with Crippen LogP contribution in [0.5, 0.6) is 11.5 Å². The Morgan fingerprint density at radius 2 is 1.81 bits per heavy atom. The Morgan fingerprint density at radius 3 is 2.48 bits per heavy atom. The first-order valence-corrected chi connectivity index (χ1v) is 9.65. The van der Waals surface area contributed by atoms with Gasteiger partial charge in [0.2, 0.25) is 0 Å². The largest absolute Gasteiger partial charge is 0.491 e. The van der Waals surface area contributed by atoms with Crippen molar-refractivity contribution in [1.82, 2.24) is 5.32 Å². The van der Waals surface area contributed by atoms with Gasteiger partial charge < -0.3 is 14.8 Å². The number of nitrogens with one attached hydrogen (secondary N) is 1. The lowest BCUT2D eigenvalue weighted by Crippen LogP contribution is -2.39. The van der Waals surface area contributed by atoms with E-state index in [9.17, 15) is 4.79 Å². The molecule has 4 heteroatoms. The predicted molar refractivity (Wildman–Crippen MR) is 110 cm³/mol. The minimum Gasteiger partial charge on any atom is -0.491 e. The molecule has 2 aromatic carbocycles. The summed E-state index contributed by atoms with van der Waals surface area (Å²) < 4.78 is 11.8. The van der Waals surface area contributed by atoms with Gasteiger partial charge in [0, 0.05) is 0 Å². The lowest BCUT2D eigenvalue weighted by atomic mass is 10.0. The fraction of sp³-hybridized carbons (Fsp3) is 0.435. The molecule has 4 nitrogen and oxygen atoms in total. The van der Waals surface area contributed by atoms with Crippen LogP contribution in [0, 0.1) is 13.8 Å². The highest BCUT2D eigenvalue weighted by molar-refractivity contribution is 5.81. The molecule has 0 spiro atoms. The lowest BCUT2D eigenvalue weighted by Gasteiger charge is -2.19. The number of benzene rings is 2. The minimum atomic E-state index is -0.505. The number of ether oxygens (including phenoxy) is 2. The normalized spacial score (nSPS) is 11.9. The van der Waals surface area contributed by atoms with E-state index in [1.807, 2.05) is 51.1 Å². The molecule has 146 valence electrons. The van der Waals surface area contributed by atoms with Gasteiger partial charge in [-0.05, 0) is 49.4 Å². The maximum atomic E-state index is 12.5.